The third kappa shape index (κ3) is 2.57. The van der Waals surface area contributed by atoms with Crippen molar-refractivity contribution < 1.29 is 19.1 Å². The minimum Gasteiger partial charge on any atom is -0.485 e. The van der Waals surface area contributed by atoms with Crippen LogP contribution in [0.2, 0.25) is 0 Å². The minimum atomic E-state index is -1.09. The molecule has 0 saturated heterocycles. The van der Waals surface area contributed by atoms with Gasteiger partial charge in [0.25, 0.3) is 5.91 Å². The van der Waals surface area contributed by atoms with Crippen molar-refractivity contribution in [3.63, 3.8) is 0 Å². The Hall–Kier alpha value is -1.66. The quantitative estimate of drug-likeness (QED) is 0.630. The summed E-state index contributed by atoms with van der Waals surface area (Å²) in [7, 11) is 0. The van der Waals surface area contributed by atoms with E-state index in [9.17, 15) is 9.59 Å². The number of nitrogens with one attached hydrogen (secondary N) is 2. The van der Waals surface area contributed by atoms with Crippen LogP contribution in [0, 0.1) is 5.41 Å². The Morgan fingerprint density at radius 2 is 1.86 bits per heavy atom. The predicted molar refractivity (Wildman–Crippen MR) is 79.8 cm³/mol. The van der Waals surface area contributed by atoms with Gasteiger partial charge in [-0.1, -0.05) is 12.1 Å². The summed E-state index contributed by atoms with van der Waals surface area (Å²) in [5.74, 6) is 0.106. The summed E-state index contributed by atoms with van der Waals surface area (Å²) in [4.78, 5) is 24.0. The van der Waals surface area contributed by atoms with E-state index in [2.05, 4.69) is 10.9 Å². The normalized spacial score (nSPS) is 27.7. The summed E-state index contributed by atoms with van der Waals surface area (Å²) >= 11 is 11.8. The minimum absolute atomic E-state index is 0.0605. The molecule has 1 aromatic carbocycles. The molecule has 0 radical (unpaired) electrons. The van der Waals surface area contributed by atoms with E-state index in [-0.39, 0.29) is 6.61 Å². The van der Waals surface area contributed by atoms with Crippen LogP contribution in [0.15, 0.2) is 24.3 Å². The number of carbonyl (C=O) groups excluding carboxylic acids is 2. The molecule has 1 saturated carbocycles. The van der Waals surface area contributed by atoms with Crippen LogP contribution in [0.25, 0.3) is 0 Å². The Kier molecular flexibility index (Phi) is 3.61. The molecule has 6 nitrogen and oxygen atoms in total. The number of fused-ring (bicyclic) bond motifs is 1. The molecule has 1 aliphatic carbocycles. The zero-order valence-electron chi connectivity index (χ0n) is 11.7. The lowest BCUT2D eigenvalue weighted by Gasteiger charge is -2.25. The van der Waals surface area contributed by atoms with Gasteiger partial charge in [0, 0.05) is 0 Å². The smallest absolute Gasteiger partial charge is 0.283 e. The number of alkyl halides is 2. The zero-order valence-corrected chi connectivity index (χ0v) is 13.2. The molecule has 0 bridgehead atoms. The van der Waals surface area contributed by atoms with Crippen molar-refractivity contribution in [3.8, 4) is 11.5 Å². The summed E-state index contributed by atoms with van der Waals surface area (Å²) in [5, 5.41) is 0. The molecule has 2 N–H and O–H groups in total. The van der Waals surface area contributed by atoms with Crippen molar-refractivity contribution in [2.24, 2.45) is 5.41 Å². The number of halogens is 2. The van der Waals surface area contributed by atoms with Crippen LogP contribution in [0.1, 0.15) is 13.3 Å². The molecule has 1 heterocycles. The number of hydrogen-bond acceptors (Lipinski definition) is 4. The standard InChI is InChI=1S/C14H14Cl2N2O4/c1-13(7-14(13,15)16)12(20)18-17-11(19)10-6-21-8-4-2-3-5-9(8)22-10/h2-5,10H,6-7H2,1H3,(H,17,19)(H,18,20). The maximum absolute atomic E-state index is 12.0. The Morgan fingerprint density at radius 3 is 2.50 bits per heavy atom. The van der Waals surface area contributed by atoms with Crippen LogP contribution in [-0.2, 0) is 9.59 Å². The number of carbonyl (C=O) groups is 2. The van der Waals surface area contributed by atoms with Gasteiger partial charge >= 0.3 is 0 Å². The molecule has 2 atom stereocenters. The molecule has 1 aliphatic heterocycles. The van der Waals surface area contributed by atoms with Crippen molar-refractivity contribution in [3.05, 3.63) is 24.3 Å². The van der Waals surface area contributed by atoms with Crippen LogP contribution >= 0.6 is 23.2 Å². The summed E-state index contributed by atoms with van der Waals surface area (Å²) in [6, 6.07) is 7.04. The van der Waals surface area contributed by atoms with Gasteiger partial charge < -0.3 is 9.47 Å². The third-order valence-corrected chi connectivity index (χ3v) is 4.96. The van der Waals surface area contributed by atoms with E-state index >= 15 is 0 Å². The Labute approximate surface area is 137 Å². The Morgan fingerprint density at radius 1 is 1.23 bits per heavy atom. The first-order valence-electron chi connectivity index (χ1n) is 6.70. The first-order chi connectivity index (χ1) is 10.3. The molecule has 1 fully saturated rings. The number of ether oxygens (including phenoxy) is 2. The molecule has 1 aromatic rings. The van der Waals surface area contributed by atoms with Crippen LogP contribution in [-0.4, -0.2) is 28.9 Å². The summed E-state index contributed by atoms with van der Waals surface area (Å²) in [6.45, 7) is 1.69. The van der Waals surface area contributed by atoms with Crippen LogP contribution in [0.4, 0.5) is 0 Å². The van der Waals surface area contributed by atoms with Gasteiger partial charge in [-0.2, -0.15) is 0 Å². The number of benzene rings is 1. The summed E-state index contributed by atoms with van der Waals surface area (Å²) < 4.78 is 9.87. The second kappa shape index (κ2) is 5.21. The molecule has 22 heavy (non-hydrogen) atoms. The highest BCUT2D eigenvalue weighted by Crippen LogP contribution is 2.63. The first-order valence-corrected chi connectivity index (χ1v) is 7.46. The van der Waals surface area contributed by atoms with Gasteiger partial charge in [0.1, 0.15) is 10.9 Å². The first kappa shape index (κ1) is 15.2. The fourth-order valence-corrected chi connectivity index (χ4v) is 2.84. The van der Waals surface area contributed by atoms with E-state index in [1.807, 2.05) is 6.07 Å². The molecule has 118 valence electrons. The van der Waals surface area contributed by atoms with Gasteiger partial charge in [0.15, 0.2) is 11.5 Å². The van der Waals surface area contributed by atoms with Crippen molar-refractivity contribution in [1.82, 2.24) is 10.9 Å². The average molecular weight is 345 g/mol. The highest BCUT2D eigenvalue weighted by molar-refractivity contribution is 6.53. The van der Waals surface area contributed by atoms with E-state index in [4.69, 9.17) is 32.7 Å². The van der Waals surface area contributed by atoms with E-state index in [0.29, 0.717) is 17.9 Å². The zero-order chi connectivity index (χ0) is 16.0. The van der Waals surface area contributed by atoms with Gasteiger partial charge in [-0.3, -0.25) is 20.4 Å². The van der Waals surface area contributed by atoms with E-state index in [1.165, 1.54) is 0 Å². The molecule has 2 amide bonds. The molecule has 8 heteroatoms. The largest absolute Gasteiger partial charge is 0.485 e. The fraction of sp³-hybridized carbons (Fsp3) is 0.429. The summed E-state index contributed by atoms with van der Waals surface area (Å²) in [6.07, 6.45) is -0.514. The van der Waals surface area contributed by atoms with Crippen molar-refractivity contribution in [2.45, 2.75) is 23.8 Å². The van der Waals surface area contributed by atoms with Gasteiger partial charge in [0.2, 0.25) is 12.0 Å². The summed E-state index contributed by atoms with van der Waals surface area (Å²) in [5.41, 5.74) is 3.72. The molecular weight excluding hydrogens is 331 g/mol. The Bertz CT molecular complexity index is 637. The lowest BCUT2D eigenvalue weighted by Crippen LogP contribution is -2.52. The second-order valence-electron chi connectivity index (χ2n) is 5.52. The molecule has 3 rings (SSSR count). The predicted octanol–water partition coefficient (Wildman–Crippen LogP) is 1.56. The average Bonchev–Trinajstić information content (AvgIpc) is 3.03. The topological polar surface area (TPSA) is 76.7 Å². The van der Waals surface area contributed by atoms with E-state index in [1.54, 1.807) is 25.1 Å². The highest BCUT2D eigenvalue weighted by atomic mass is 35.5. The van der Waals surface area contributed by atoms with Crippen LogP contribution in [0.3, 0.4) is 0 Å². The number of para-hydroxylation sites is 2. The van der Waals surface area contributed by atoms with Gasteiger partial charge in [-0.05, 0) is 25.5 Å². The van der Waals surface area contributed by atoms with Gasteiger partial charge in [-0.15, -0.1) is 23.2 Å². The van der Waals surface area contributed by atoms with Crippen molar-refractivity contribution in [1.29, 1.82) is 0 Å². The van der Waals surface area contributed by atoms with Gasteiger partial charge in [0.05, 0.1) is 5.41 Å². The molecular formula is C14H14Cl2N2O4. The van der Waals surface area contributed by atoms with E-state index in [0.717, 1.165) is 0 Å². The lowest BCUT2D eigenvalue weighted by atomic mass is 10.1. The highest BCUT2D eigenvalue weighted by Gasteiger charge is 2.68. The van der Waals surface area contributed by atoms with E-state index < -0.39 is 27.7 Å². The number of rotatable bonds is 2. The van der Waals surface area contributed by atoms with Crippen molar-refractivity contribution in [2.75, 3.05) is 6.61 Å². The molecule has 2 unspecified atom stereocenters. The molecule has 0 spiro atoms. The molecule has 0 aromatic heterocycles. The monoisotopic (exact) mass is 344 g/mol. The van der Waals surface area contributed by atoms with Crippen LogP contribution < -0.4 is 20.3 Å². The lowest BCUT2D eigenvalue weighted by molar-refractivity contribution is -0.136. The number of amides is 2. The fourth-order valence-electron chi connectivity index (χ4n) is 2.13. The third-order valence-electron chi connectivity index (χ3n) is 3.86. The second-order valence-corrected chi connectivity index (χ2v) is 7.00. The number of hydrogen-bond donors (Lipinski definition) is 2. The molecule has 2 aliphatic rings. The van der Waals surface area contributed by atoms with Crippen LogP contribution in [0.5, 0.6) is 11.5 Å². The van der Waals surface area contributed by atoms with Gasteiger partial charge in [-0.25, -0.2) is 0 Å². The maximum atomic E-state index is 12.0. The van der Waals surface area contributed by atoms with Crippen molar-refractivity contribution >= 4 is 35.0 Å². The maximum Gasteiger partial charge on any atom is 0.283 e. The Balaban J connectivity index is 1.55. The number of hydrazine groups is 1. The SMILES string of the molecule is CC1(C(=O)NNC(=O)C2COc3ccccc3O2)CC1(Cl)Cl.